The molecule has 170 valence electrons. The molecule has 1 aliphatic heterocycles. The van der Waals surface area contributed by atoms with Gasteiger partial charge in [-0.3, -0.25) is 4.79 Å². The maximum Gasteiger partial charge on any atom is 0.410 e. The first-order valence-corrected chi connectivity index (χ1v) is 11.1. The number of carbonyl (C=O) groups is 2. The van der Waals surface area contributed by atoms with Gasteiger partial charge < -0.3 is 14.5 Å². The van der Waals surface area contributed by atoms with Crippen LogP contribution in [0.3, 0.4) is 0 Å². The average molecular weight is 465 g/mol. The Bertz CT molecular complexity index is 1140. The van der Waals surface area contributed by atoms with E-state index in [2.05, 4.69) is 9.97 Å². The topological polar surface area (TPSA) is 75.6 Å². The highest BCUT2D eigenvalue weighted by atomic mass is 35.5. The van der Waals surface area contributed by atoms with Crippen LogP contribution in [-0.2, 0) is 11.3 Å². The molecule has 2 aromatic carbocycles. The van der Waals surface area contributed by atoms with Crippen molar-refractivity contribution >= 4 is 23.6 Å². The molecular weight excluding hydrogens is 440 g/mol. The zero-order valence-electron chi connectivity index (χ0n) is 18.6. The van der Waals surface area contributed by atoms with Crippen LogP contribution in [0.2, 0.25) is 5.02 Å². The highest BCUT2D eigenvalue weighted by molar-refractivity contribution is 6.30. The largest absolute Gasteiger partial charge is 0.445 e. The molecule has 7 nitrogen and oxygen atoms in total. The molecule has 1 unspecified atom stereocenters. The van der Waals surface area contributed by atoms with Crippen LogP contribution >= 0.6 is 11.6 Å². The zero-order valence-corrected chi connectivity index (χ0v) is 19.3. The van der Waals surface area contributed by atoms with Crippen molar-refractivity contribution in [2.45, 2.75) is 26.0 Å². The van der Waals surface area contributed by atoms with Crippen molar-refractivity contribution in [3.63, 3.8) is 0 Å². The summed E-state index contributed by atoms with van der Waals surface area (Å²) in [6.07, 6.45) is 0.307. The number of hydrogen-bond donors (Lipinski definition) is 0. The lowest BCUT2D eigenvalue weighted by Crippen LogP contribution is -2.40. The van der Waals surface area contributed by atoms with Gasteiger partial charge in [-0.1, -0.05) is 41.9 Å². The van der Waals surface area contributed by atoms with Gasteiger partial charge in [0.2, 0.25) is 0 Å². The summed E-state index contributed by atoms with van der Waals surface area (Å²) in [5.74, 6) is 0.265. The lowest BCUT2D eigenvalue weighted by molar-refractivity contribution is 0.0715. The summed E-state index contributed by atoms with van der Waals surface area (Å²) in [7, 11) is 1.74. The molecule has 2 amide bonds. The summed E-state index contributed by atoms with van der Waals surface area (Å²) in [6.45, 7) is 3.01. The zero-order chi connectivity index (χ0) is 23.4. The molecule has 0 spiro atoms. The molecule has 1 aromatic heterocycles. The average Bonchev–Trinajstić information content (AvgIpc) is 3.33. The highest BCUT2D eigenvalue weighted by Gasteiger charge is 2.32. The van der Waals surface area contributed by atoms with Gasteiger partial charge in [-0.05, 0) is 49.2 Å². The molecule has 0 aliphatic carbocycles. The Balaban J connectivity index is 1.40. The number of aromatic nitrogens is 2. The predicted molar refractivity (Wildman–Crippen MR) is 126 cm³/mol. The van der Waals surface area contributed by atoms with Crippen LogP contribution in [0.25, 0.3) is 11.4 Å². The molecule has 1 saturated heterocycles. The Morgan fingerprint density at radius 3 is 2.58 bits per heavy atom. The summed E-state index contributed by atoms with van der Waals surface area (Å²) in [5.41, 5.74) is 2.74. The Morgan fingerprint density at radius 2 is 1.85 bits per heavy atom. The lowest BCUT2D eigenvalue weighted by Gasteiger charge is -2.24. The van der Waals surface area contributed by atoms with Gasteiger partial charge in [-0.2, -0.15) is 0 Å². The number of nitrogens with zero attached hydrogens (tertiary/aromatic N) is 4. The van der Waals surface area contributed by atoms with E-state index >= 15 is 0 Å². The van der Waals surface area contributed by atoms with Gasteiger partial charge in [0.05, 0.1) is 6.04 Å². The lowest BCUT2D eigenvalue weighted by atomic mass is 10.2. The van der Waals surface area contributed by atoms with Crippen molar-refractivity contribution in [1.82, 2.24) is 19.8 Å². The second-order valence-corrected chi connectivity index (χ2v) is 8.51. The molecule has 3 aromatic rings. The van der Waals surface area contributed by atoms with E-state index in [1.807, 2.05) is 49.4 Å². The number of hydrogen-bond acceptors (Lipinski definition) is 5. The normalized spacial score (nSPS) is 15.4. The minimum atomic E-state index is -0.370. The first-order chi connectivity index (χ1) is 15.9. The predicted octanol–water partition coefficient (Wildman–Crippen LogP) is 4.59. The number of carbonyl (C=O) groups excluding carboxylic acids is 2. The maximum atomic E-state index is 13.2. The van der Waals surface area contributed by atoms with Crippen LogP contribution in [0.1, 0.15) is 28.2 Å². The van der Waals surface area contributed by atoms with Gasteiger partial charge in [0.25, 0.3) is 5.91 Å². The Morgan fingerprint density at radius 1 is 1.12 bits per heavy atom. The number of benzene rings is 2. The summed E-state index contributed by atoms with van der Waals surface area (Å²) in [6, 6.07) is 18.3. The molecule has 0 radical (unpaired) electrons. The SMILES string of the molecule is Cc1cc(C(=O)N(C)C2CCN(C(=O)OCc3ccccc3)C2)nc(-c2ccc(Cl)cc2)n1. The highest BCUT2D eigenvalue weighted by Crippen LogP contribution is 2.21. The summed E-state index contributed by atoms with van der Waals surface area (Å²) in [4.78, 5) is 37.9. The van der Waals surface area contributed by atoms with Gasteiger partial charge in [0, 0.05) is 36.4 Å². The van der Waals surface area contributed by atoms with Crippen LogP contribution in [0.4, 0.5) is 4.79 Å². The third-order valence-electron chi connectivity index (χ3n) is 5.67. The van der Waals surface area contributed by atoms with Crippen LogP contribution in [-0.4, -0.2) is 57.9 Å². The number of amides is 2. The minimum Gasteiger partial charge on any atom is -0.445 e. The Hall–Kier alpha value is -3.45. The monoisotopic (exact) mass is 464 g/mol. The van der Waals surface area contributed by atoms with Crippen LogP contribution in [0.5, 0.6) is 0 Å². The molecule has 0 saturated carbocycles. The first kappa shape index (κ1) is 22.7. The fourth-order valence-corrected chi connectivity index (χ4v) is 3.91. The van der Waals surface area contributed by atoms with Crippen LogP contribution in [0, 0.1) is 6.92 Å². The van der Waals surface area contributed by atoms with Gasteiger partial charge in [-0.25, -0.2) is 14.8 Å². The van der Waals surface area contributed by atoms with Crippen molar-refractivity contribution in [2.75, 3.05) is 20.1 Å². The van der Waals surface area contributed by atoms with Crippen molar-refractivity contribution in [3.05, 3.63) is 82.6 Å². The van der Waals surface area contributed by atoms with E-state index in [-0.39, 0.29) is 24.6 Å². The molecule has 4 rings (SSSR count). The number of likely N-dealkylation sites (N-methyl/N-ethyl adjacent to an activating group) is 1. The van der Waals surface area contributed by atoms with Gasteiger partial charge in [-0.15, -0.1) is 0 Å². The molecule has 0 bridgehead atoms. The van der Waals surface area contributed by atoms with Gasteiger partial charge in [0.15, 0.2) is 5.82 Å². The van der Waals surface area contributed by atoms with E-state index in [1.54, 1.807) is 35.0 Å². The number of halogens is 1. The van der Waals surface area contributed by atoms with E-state index in [1.165, 1.54) is 0 Å². The fourth-order valence-electron chi connectivity index (χ4n) is 3.79. The summed E-state index contributed by atoms with van der Waals surface area (Å²) in [5, 5.41) is 0.621. The summed E-state index contributed by atoms with van der Waals surface area (Å²) < 4.78 is 5.43. The van der Waals surface area contributed by atoms with Crippen LogP contribution < -0.4 is 0 Å². The molecule has 2 heterocycles. The van der Waals surface area contributed by atoms with Gasteiger partial charge in [0.1, 0.15) is 12.3 Å². The molecule has 1 atom stereocenters. The fraction of sp³-hybridized carbons (Fsp3) is 0.280. The Kier molecular flexibility index (Phi) is 6.89. The number of aryl methyl sites for hydroxylation is 1. The van der Waals surface area contributed by atoms with E-state index in [4.69, 9.17) is 16.3 Å². The van der Waals surface area contributed by atoms with E-state index in [0.717, 1.165) is 11.1 Å². The standard InChI is InChI=1S/C25H25ClN4O3/c1-17-14-22(28-23(27-17)19-8-10-20(26)11-9-19)24(31)29(2)21-12-13-30(15-21)25(32)33-16-18-6-4-3-5-7-18/h3-11,14,21H,12-13,15-16H2,1-2H3. The molecular formula is C25H25ClN4O3. The molecule has 1 fully saturated rings. The molecule has 33 heavy (non-hydrogen) atoms. The van der Waals surface area contributed by atoms with Crippen molar-refractivity contribution in [3.8, 4) is 11.4 Å². The third kappa shape index (κ3) is 5.49. The van der Waals surface area contributed by atoms with Crippen molar-refractivity contribution < 1.29 is 14.3 Å². The number of rotatable bonds is 5. The Labute approximate surface area is 198 Å². The van der Waals surface area contributed by atoms with Crippen molar-refractivity contribution in [2.24, 2.45) is 0 Å². The number of ether oxygens (including phenoxy) is 1. The second kappa shape index (κ2) is 10.0. The smallest absolute Gasteiger partial charge is 0.410 e. The van der Waals surface area contributed by atoms with Crippen molar-refractivity contribution in [1.29, 1.82) is 0 Å². The molecule has 8 heteroatoms. The summed E-state index contributed by atoms with van der Waals surface area (Å²) >= 11 is 5.97. The minimum absolute atomic E-state index is 0.115. The first-order valence-electron chi connectivity index (χ1n) is 10.7. The number of likely N-dealkylation sites (tertiary alicyclic amines) is 1. The molecule has 0 N–H and O–H groups in total. The van der Waals surface area contributed by atoms with Gasteiger partial charge >= 0.3 is 6.09 Å². The third-order valence-corrected chi connectivity index (χ3v) is 5.92. The quantitative estimate of drug-likeness (QED) is 0.552. The van der Waals surface area contributed by atoms with E-state index in [9.17, 15) is 9.59 Å². The molecule has 1 aliphatic rings. The maximum absolute atomic E-state index is 13.2. The van der Waals surface area contributed by atoms with E-state index < -0.39 is 0 Å². The van der Waals surface area contributed by atoms with E-state index in [0.29, 0.717) is 41.7 Å². The second-order valence-electron chi connectivity index (χ2n) is 8.07. The van der Waals surface area contributed by atoms with Crippen LogP contribution in [0.15, 0.2) is 60.7 Å².